The molecule has 0 aliphatic carbocycles. The molecule has 0 saturated carbocycles. The summed E-state index contributed by atoms with van der Waals surface area (Å²) in [6, 6.07) is 5.82. The van der Waals surface area contributed by atoms with Gasteiger partial charge in [0.15, 0.2) is 0 Å². The second kappa shape index (κ2) is 7.09. The zero-order valence-electron chi connectivity index (χ0n) is 14.0. The molecule has 3 rings (SSSR count). The minimum Gasteiger partial charge on any atom is -0.285 e. The molecule has 0 radical (unpaired) electrons. The molecule has 0 unspecified atom stereocenters. The average molecular weight is 371 g/mol. The summed E-state index contributed by atoms with van der Waals surface area (Å²) >= 11 is 1.33. The van der Waals surface area contributed by atoms with Gasteiger partial charge in [0.05, 0.1) is 16.1 Å². The van der Waals surface area contributed by atoms with Crippen molar-refractivity contribution in [3.63, 3.8) is 0 Å². The molecule has 0 aliphatic heterocycles. The maximum Gasteiger partial charge on any atom is 0.272 e. The van der Waals surface area contributed by atoms with Crippen LogP contribution in [0, 0.1) is 29.8 Å². The summed E-state index contributed by atoms with van der Waals surface area (Å²) in [7, 11) is 0. The molecule has 0 spiro atoms. The lowest BCUT2D eigenvalue weighted by atomic mass is 10.0. The van der Waals surface area contributed by atoms with E-state index in [1.807, 2.05) is 6.92 Å². The van der Waals surface area contributed by atoms with Crippen LogP contribution in [0.1, 0.15) is 37.9 Å². The Kier molecular flexibility index (Phi) is 4.85. The Morgan fingerprint density at radius 2 is 2.00 bits per heavy atom. The zero-order chi connectivity index (χ0) is 18.8. The standard InChI is InChI=1S/C18H14FN3O3S/c1-10-6-16(22(24)25)11(2)5-12(10)7-17-21-15(9-26-17)18(23)14-4-3-13(19)8-20-14/h3-6,8-9H,7H2,1-2H3. The molecule has 1 aromatic carbocycles. The number of thiazole rings is 1. The summed E-state index contributed by atoms with van der Waals surface area (Å²) in [5, 5.41) is 13.4. The van der Waals surface area contributed by atoms with Gasteiger partial charge in [0.2, 0.25) is 5.78 Å². The fourth-order valence-corrected chi connectivity index (χ4v) is 3.35. The van der Waals surface area contributed by atoms with Gasteiger partial charge in [-0.2, -0.15) is 0 Å². The van der Waals surface area contributed by atoms with E-state index in [-0.39, 0.29) is 22.9 Å². The van der Waals surface area contributed by atoms with Crippen LogP contribution in [-0.2, 0) is 6.42 Å². The van der Waals surface area contributed by atoms with Crippen LogP contribution in [0.3, 0.4) is 0 Å². The van der Waals surface area contributed by atoms with Crippen LogP contribution in [0.15, 0.2) is 35.8 Å². The van der Waals surface area contributed by atoms with Gasteiger partial charge in [-0.15, -0.1) is 11.3 Å². The highest BCUT2D eigenvalue weighted by Crippen LogP contribution is 2.25. The third-order valence-electron chi connectivity index (χ3n) is 3.94. The highest BCUT2D eigenvalue weighted by atomic mass is 32.1. The van der Waals surface area contributed by atoms with Crippen LogP contribution in [0.4, 0.5) is 10.1 Å². The van der Waals surface area contributed by atoms with Gasteiger partial charge in [0.1, 0.15) is 17.2 Å². The van der Waals surface area contributed by atoms with E-state index in [1.54, 1.807) is 24.4 Å². The van der Waals surface area contributed by atoms with Crippen LogP contribution in [-0.4, -0.2) is 20.7 Å². The summed E-state index contributed by atoms with van der Waals surface area (Å²) in [4.78, 5) is 31.1. The molecule has 6 nitrogen and oxygen atoms in total. The van der Waals surface area contributed by atoms with E-state index in [0.717, 1.165) is 17.3 Å². The smallest absolute Gasteiger partial charge is 0.272 e. The molecular weight excluding hydrogens is 357 g/mol. The molecule has 0 N–H and O–H groups in total. The van der Waals surface area contributed by atoms with Gasteiger partial charge in [-0.1, -0.05) is 0 Å². The normalized spacial score (nSPS) is 10.7. The molecule has 8 heteroatoms. The summed E-state index contributed by atoms with van der Waals surface area (Å²) < 4.78 is 12.9. The molecule has 132 valence electrons. The lowest BCUT2D eigenvalue weighted by molar-refractivity contribution is -0.385. The topological polar surface area (TPSA) is 86.0 Å². The van der Waals surface area contributed by atoms with E-state index in [0.29, 0.717) is 17.0 Å². The van der Waals surface area contributed by atoms with Gasteiger partial charge in [-0.25, -0.2) is 14.4 Å². The lowest BCUT2D eigenvalue weighted by Crippen LogP contribution is -2.05. The Morgan fingerprint density at radius 3 is 2.65 bits per heavy atom. The SMILES string of the molecule is Cc1cc([N+](=O)[O-])c(C)cc1Cc1nc(C(=O)c2ccc(F)cn2)cs1. The molecule has 2 heterocycles. The first kappa shape index (κ1) is 17.8. The van der Waals surface area contributed by atoms with Gasteiger partial charge in [0.25, 0.3) is 5.69 Å². The van der Waals surface area contributed by atoms with Crippen LogP contribution in [0.5, 0.6) is 0 Å². The van der Waals surface area contributed by atoms with E-state index in [9.17, 15) is 19.3 Å². The maximum atomic E-state index is 12.9. The molecule has 0 atom stereocenters. The number of pyridine rings is 1. The zero-order valence-corrected chi connectivity index (χ0v) is 14.8. The fourth-order valence-electron chi connectivity index (χ4n) is 2.55. The Balaban J connectivity index is 1.83. The van der Waals surface area contributed by atoms with Crippen molar-refractivity contribution in [3.05, 3.63) is 84.9 Å². The number of carbonyl (C=O) groups is 1. The van der Waals surface area contributed by atoms with Crippen LogP contribution >= 0.6 is 11.3 Å². The van der Waals surface area contributed by atoms with E-state index in [1.165, 1.54) is 23.5 Å². The van der Waals surface area contributed by atoms with Crippen molar-refractivity contribution >= 4 is 22.8 Å². The number of carbonyl (C=O) groups excluding carboxylic acids is 1. The number of aryl methyl sites for hydroxylation is 2. The fraction of sp³-hybridized carbons (Fsp3) is 0.167. The summed E-state index contributed by atoms with van der Waals surface area (Å²) in [5.41, 5.74) is 2.76. The number of aromatic nitrogens is 2. The molecule has 0 saturated heterocycles. The first-order valence-corrected chi connectivity index (χ1v) is 8.58. The third kappa shape index (κ3) is 3.65. The number of ketones is 1. The number of hydrogen-bond acceptors (Lipinski definition) is 6. The monoisotopic (exact) mass is 371 g/mol. The van der Waals surface area contributed by atoms with Gasteiger partial charge in [-0.05, 0) is 43.2 Å². The number of halogens is 1. The van der Waals surface area contributed by atoms with Crippen molar-refractivity contribution in [1.29, 1.82) is 0 Å². The molecule has 0 aliphatic rings. The van der Waals surface area contributed by atoms with Crippen LogP contribution < -0.4 is 0 Å². The van der Waals surface area contributed by atoms with Gasteiger partial charge in [-0.3, -0.25) is 14.9 Å². The quantitative estimate of drug-likeness (QED) is 0.384. The molecule has 0 amide bonds. The second-order valence-electron chi connectivity index (χ2n) is 5.82. The molecule has 3 aromatic rings. The number of benzene rings is 1. The average Bonchev–Trinajstić information content (AvgIpc) is 3.06. The van der Waals surface area contributed by atoms with Crippen LogP contribution in [0.25, 0.3) is 0 Å². The first-order chi connectivity index (χ1) is 12.3. The molecule has 26 heavy (non-hydrogen) atoms. The van der Waals surface area contributed by atoms with Crippen LogP contribution in [0.2, 0.25) is 0 Å². The number of hydrogen-bond donors (Lipinski definition) is 0. The minimum atomic E-state index is -0.510. The molecule has 2 aromatic heterocycles. The van der Waals surface area contributed by atoms with Crippen molar-refractivity contribution < 1.29 is 14.1 Å². The Bertz CT molecular complexity index is 999. The molecular formula is C18H14FN3O3S. The number of nitro benzene ring substituents is 1. The van der Waals surface area contributed by atoms with E-state index in [2.05, 4.69) is 9.97 Å². The highest BCUT2D eigenvalue weighted by molar-refractivity contribution is 7.09. The van der Waals surface area contributed by atoms with Gasteiger partial charge < -0.3 is 0 Å². The second-order valence-corrected chi connectivity index (χ2v) is 6.76. The largest absolute Gasteiger partial charge is 0.285 e. The maximum absolute atomic E-state index is 12.9. The summed E-state index contributed by atoms with van der Waals surface area (Å²) in [6.45, 7) is 3.50. The number of rotatable bonds is 5. The Morgan fingerprint density at radius 1 is 1.23 bits per heavy atom. The third-order valence-corrected chi connectivity index (χ3v) is 4.79. The first-order valence-electron chi connectivity index (χ1n) is 7.70. The number of nitro groups is 1. The number of nitrogens with zero attached hydrogens (tertiary/aromatic N) is 3. The van der Waals surface area contributed by atoms with Gasteiger partial charge >= 0.3 is 0 Å². The van der Waals surface area contributed by atoms with Crippen molar-refractivity contribution in [3.8, 4) is 0 Å². The predicted molar refractivity (Wildman–Crippen MR) is 95.1 cm³/mol. The molecule has 0 bridgehead atoms. The molecule has 0 fully saturated rings. The van der Waals surface area contributed by atoms with Crippen molar-refractivity contribution in [1.82, 2.24) is 9.97 Å². The predicted octanol–water partition coefficient (Wildman–Crippen LogP) is 4.02. The van der Waals surface area contributed by atoms with Crippen molar-refractivity contribution in [2.75, 3.05) is 0 Å². The van der Waals surface area contributed by atoms with Gasteiger partial charge in [0, 0.05) is 23.4 Å². The summed E-state index contributed by atoms with van der Waals surface area (Å²) in [5.74, 6) is -0.881. The Hall–Kier alpha value is -3.00. The Labute approximate surface area is 152 Å². The lowest BCUT2D eigenvalue weighted by Gasteiger charge is -2.06. The summed E-state index contributed by atoms with van der Waals surface area (Å²) in [6.07, 6.45) is 1.46. The van der Waals surface area contributed by atoms with Crippen molar-refractivity contribution in [2.45, 2.75) is 20.3 Å². The van der Waals surface area contributed by atoms with E-state index in [4.69, 9.17) is 0 Å². The highest BCUT2D eigenvalue weighted by Gasteiger charge is 2.17. The van der Waals surface area contributed by atoms with E-state index >= 15 is 0 Å². The van der Waals surface area contributed by atoms with Crippen molar-refractivity contribution in [2.24, 2.45) is 0 Å². The minimum absolute atomic E-state index is 0.0867. The van der Waals surface area contributed by atoms with E-state index < -0.39 is 10.7 Å².